The number of nitrogens with zero attached hydrogens (tertiary/aromatic N) is 3. The summed E-state index contributed by atoms with van der Waals surface area (Å²) in [7, 11) is 0. The number of hydrogen-bond acceptors (Lipinski definition) is 4. The first-order chi connectivity index (χ1) is 16.6. The summed E-state index contributed by atoms with van der Waals surface area (Å²) in [5.74, 6) is 0.0585. The zero-order valence-corrected chi connectivity index (χ0v) is 19.8. The maximum atomic E-state index is 13.0. The number of nitrogens with one attached hydrogen (secondary N) is 1. The fourth-order valence-corrected chi connectivity index (χ4v) is 5.06. The number of halogens is 5. The number of aromatic nitrogens is 4. The van der Waals surface area contributed by atoms with Crippen LogP contribution in [0.5, 0.6) is 5.88 Å². The number of hydrogen-bond donors (Lipinski definition) is 2. The lowest BCUT2D eigenvalue weighted by Crippen LogP contribution is -2.34. The van der Waals surface area contributed by atoms with Gasteiger partial charge in [0, 0.05) is 16.8 Å². The van der Waals surface area contributed by atoms with Crippen molar-refractivity contribution in [2.24, 2.45) is 0 Å². The number of aromatic amines is 1. The third kappa shape index (κ3) is 4.40. The number of fused-ring (bicyclic) bond motifs is 1. The summed E-state index contributed by atoms with van der Waals surface area (Å²) < 4.78 is 42.5. The Morgan fingerprint density at radius 2 is 1.91 bits per heavy atom. The van der Waals surface area contributed by atoms with Crippen molar-refractivity contribution in [2.45, 2.75) is 12.7 Å². The van der Waals surface area contributed by atoms with Gasteiger partial charge in [0.25, 0.3) is 5.88 Å². The first kappa shape index (κ1) is 23.4. The molecule has 0 atom stereocenters. The summed E-state index contributed by atoms with van der Waals surface area (Å²) in [6.07, 6.45) is 0.413. The molecule has 3 heterocycles. The van der Waals surface area contributed by atoms with Crippen LogP contribution in [0.25, 0.3) is 28.0 Å². The molecule has 0 saturated heterocycles. The van der Waals surface area contributed by atoms with Crippen LogP contribution in [0.3, 0.4) is 0 Å². The summed E-state index contributed by atoms with van der Waals surface area (Å²) in [4.78, 5) is 20.6. The monoisotopic (exact) mass is 537 g/mol. The van der Waals surface area contributed by atoms with E-state index < -0.39 is 17.3 Å². The molecule has 0 bridgehead atoms. The molecule has 0 amide bonds. The summed E-state index contributed by atoms with van der Waals surface area (Å²) in [5, 5.41) is 10.9. The van der Waals surface area contributed by atoms with Crippen molar-refractivity contribution in [3.05, 3.63) is 91.3 Å². The van der Waals surface area contributed by atoms with Crippen LogP contribution in [-0.2, 0) is 12.7 Å². The molecular formula is C23H14Cl2F3N4O2S+. The minimum atomic E-state index is -4.52. The highest BCUT2D eigenvalue weighted by Crippen LogP contribution is 2.37. The number of benzene rings is 2. The molecular weight excluding hydrogens is 524 g/mol. The lowest BCUT2D eigenvalue weighted by molar-refractivity contribution is -0.663. The molecule has 0 fully saturated rings. The quantitative estimate of drug-likeness (QED) is 0.285. The van der Waals surface area contributed by atoms with Gasteiger partial charge in [0.15, 0.2) is 4.47 Å². The highest BCUT2D eigenvalue weighted by Gasteiger charge is 2.31. The molecule has 0 spiro atoms. The predicted molar refractivity (Wildman–Crippen MR) is 127 cm³/mol. The van der Waals surface area contributed by atoms with E-state index in [1.807, 2.05) is 0 Å². The molecule has 0 aliphatic carbocycles. The molecule has 0 unspecified atom stereocenters. The minimum absolute atomic E-state index is 0.00553. The number of thiazole rings is 1. The van der Waals surface area contributed by atoms with Gasteiger partial charge in [0.2, 0.25) is 0 Å². The third-order valence-electron chi connectivity index (χ3n) is 5.41. The van der Waals surface area contributed by atoms with E-state index in [0.717, 1.165) is 17.0 Å². The van der Waals surface area contributed by atoms with Crippen LogP contribution in [0.1, 0.15) is 10.4 Å². The topological polar surface area (TPSA) is 74.3 Å². The second-order valence-electron chi connectivity index (χ2n) is 7.63. The zero-order chi connectivity index (χ0) is 24.9. The van der Waals surface area contributed by atoms with E-state index in [4.69, 9.17) is 23.2 Å². The van der Waals surface area contributed by atoms with Crippen molar-refractivity contribution in [1.82, 2.24) is 14.4 Å². The van der Waals surface area contributed by atoms with Gasteiger partial charge < -0.3 is 5.11 Å². The maximum absolute atomic E-state index is 13.0. The van der Waals surface area contributed by atoms with Gasteiger partial charge in [0.1, 0.15) is 18.3 Å². The van der Waals surface area contributed by atoms with Gasteiger partial charge in [0.05, 0.1) is 16.6 Å². The predicted octanol–water partition coefficient (Wildman–Crippen LogP) is 5.79. The van der Waals surface area contributed by atoms with E-state index in [9.17, 15) is 23.1 Å². The lowest BCUT2D eigenvalue weighted by atomic mass is 9.99. The molecule has 0 saturated carbocycles. The Morgan fingerprint density at radius 3 is 2.60 bits per heavy atom. The first-order valence-electron chi connectivity index (χ1n) is 10.1. The van der Waals surface area contributed by atoms with Crippen LogP contribution in [0.15, 0.2) is 65.8 Å². The average molecular weight is 538 g/mol. The van der Waals surface area contributed by atoms with Crippen LogP contribution in [0.4, 0.5) is 13.2 Å². The van der Waals surface area contributed by atoms with Crippen molar-refractivity contribution in [3.63, 3.8) is 0 Å². The SMILES string of the molecule is O=c1[nH]c2n(cc[n+]2Cc2cnc(Cl)s2)c(O)c1-c1cccc(-c2ccc(C(F)(F)F)cc2Cl)c1. The van der Waals surface area contributed by atoms with Crippen molar-refractivity contribution in [2.75, 3.05) is 0 Å². The van der Waals surface area contributed by atoms with Gasteiger partial charge in [-0.2, -0.15) is 17.6 Å². The van der Waals surface area contributed by atoms with Gasteiger partial charge in [-0.05, 0) is 29.3 Å². The molecule has 2 aromatic carbocycles. The average Bonchev–Trinajstić information content (AvgIpc) is 3.39. The largest absolute Gasteiger partial charge is 0.482 e. The van der Waals surface area contributed by atoms with Crippen LogP contribution in [-0.4, -0.2) is 19.5 Å². The Morgan fingerprint density at radius 1 is 1.14 bits per heavy atom. The summed E-state index contributed by atoms with van der Waals surface area (Å²) in [5.41, 5.74) is -0.172. The number of H-pyrrole nitrogens is 1. The van der Waals surface area contributed by atoms with E-state index in [-0.39, 0.29) is 16.5 Å². The molecule has 0 aliphatic rings. The summed E-state index contributed by atoms with van der Waals surface area (Å²) >= 11 is 13.3. The molecule has 2 N–H and O–H groups in total. The minimum Gasteiger partial charge on any atom is -0.482 e. The molecule has 178 valence electrons. The Bertz CT molecular complexity index is 1640. The van der Waals surface area contributed by atoms with Gasteiger partial charge in [-0.3, -0.25) is 4.79 Å². The zero-order valence-electron chi connectivity index (χ0n) is 17.5. The van der Waals surface area contributed by atoms with E-state index in [0.29, 0.717) is 33.5 Å². The highest BCUT2D eigenvalue weighted by molar-refractivity contribution is 7.15. The van der Waals surface area contributed by atoms with Crippen LogP contribution in [0, 0.1) is 0 Å². The first-order valence-corrected chi connectivity index (χ1v) is 11.6. The van der Waals surface area contributed by atoms with Crippen molar-refractivity contribution < 1.29 is 22.8 Å². The van der Waals surface area contributed by atoms with Gasteiger partial charge in [-0.1, -0.05) is 47.5 Å². The molecule has 35 heavy (non-hydrogen) atoms. The summed E-state index contributed by atoms with van der Waals surface area (Å²) in [6.45, 7) is 0.386. The van der Waals surface area contributed by atoms with Crippen LogP contribution >= 0.6 is 34.5 Å². The molecule has 0 radical (unpaired) electrons. The highest BCUT2D eigenvalue weighted by atomic mass is 35.5. The fraction of sp³-hybridized carbons (Fsp3) is 0.0870. The Kier molecular flexibility index (Phi) is 5.82. The van der Waals surface area contributed by atoms with Gasteiger partial charge >= 0.3 is 17.5 Å². The molecule has 5 aromatic rings. The van der Waals surface area contributed by atoms with Crippen LogP contribution in [0.2, 0.25) is 9.49 Å². The second-order valence-corrected chi connectivity index (χ2v) is 9.73. The van der Waals surface area contributed by atoms with E-state index >= 15 is 0 Å². The van der Waals surface area contributed by atoms with E-state index in [2.05, 4.69) is 9.97 Å². The Hall–Kier alpha value is -3.34. The molecule has 0 aliphatic heterocycles. The molecule has 3 aromatic heterocycles. The second kappa shape index (κ2) is 8.71. The fourth-order valence-electron chi connectivity index (χ4n) is 3.80. The molecule has 6 nitrogen and oxygen atoms in total. The summed E-state index contributed by atoms with van der Waals surface area (Å²) in [6, 6.07) is 9.57. The van der Waals surface area contributed by atoms with Crippen molar-refractivity contribution >= 4 is 40.3 Å². The maximum Gasteiger partial charge on any atom is 0.416 e. The molecule has 5 rings (SSSR count). The molecule has 12 heteroatoms. The lowest BCUT2D eigenvalue weighted by Gasteiger charge is -2.11. The van der Waals surface area contributed by atoms with E-state index in [1.54, 1.807) is 47.4 Å². The number of rotatable bonds is 4. The Labute approximate surface area is 209 Å². The normalized spacial score (nSPS) is 11.9. The number of alkyl halides is 3. The standard InChI is InChI=1S/C23H13Cl2F3N4O2S/c24-17-9-14(23(26,27)28)4-5-16(17)12-2-1-3-13(8-12)18-19(33)30-22-31(6-7-32(22)20(18)34)11-15-10-29-21(25)35-15/h1-10H,11H2,(H,33,34)/p+1. The van der Waals surface area contributed by atoms with Crippen molar-refractivity contribution in [3.8, 4) is 28.1 Å². The van der Waals surface area contributed by atoms with E-state index in [1.165, 1.54) is 21.8 Å². The van der Waals surface area contributed by atoms with Crippen molar-refractivity contribution in [1.29, 1.82) is 0 Å². The number of imidazole rings is 1. The third-order valence-corrected chi connectivity index (χ3v) is 6.82. The van der Waals surface area contributed by atoms with Gasteiger partial charge in [-0.25, -0.2) is 14.5 Å². The Balaban J connectivity index is 1.56. The smallest absolute Gasteiger partial charge is 0.416 e. The van der Waals surface area contributed by atoms with Gasteiger partial charge in [-0.15, -0.1) is 11.3 Å². The van der Waals surface area contributed by atoms with Crippen LogP contribution < -0.4 is 10.1 Å². The number of aromatic hydroxyl groups is 1.